The van der Waals surface area contributed by atoms with Crippen molar-refractivity contribution in [2.24, 2.45) is 5.92 Å². The summed E-state index contributed by atoms with van der Waals surface area (Å²) >= 11 is 0. The molecule has 136 valence electrons. The summed E-state index contributed by atoms with van der Waals surface area (Å²) in [5.41, 5.74) is 0.619. The first-order valence-corrected chi connectivity index (χ1v) is 8.50. The quantitative estimate of drug-likeness (QED) is 0.658. The summed E-state index contributed by atoms with van der Waals surface area (Å²) in [7, 11) is 0. The van der Waals surface area contributed by atoms with Crippen LogP contribution >= 0.6 is 0 Å². The fourth-order valence-electron chi connectivity index (χ4n) is 2.17. The first kappa shape index (κ1) is 18.8. The zero-order valence-corrected chi connectivity index (χ0v) is 14.7. The standard InChI is InChI=1S/C18H25N3O4/c1-11(2)15(21-18(24)20-13-7-5-4-6-8-13)17(23)25-12(3)16(22)19-14-9-10-14/h4-8,11-12,14-15H,9-10H2,1-3H3,(H,19,22)(H2,20,21,24)/t12-,15+/m1/s1. The lowest BCUT2D eigenvalue weighted by Gasteiger charge is -2.23. The van der Waals surface area contributed by atoms with Gasteiger partial charge >= 0.3 is 12.0 Å². The van der Waals surface area contributed by atoms with Gasteiger partial charge in [0.05, 0.1) is 0 Å². The molecule has 0 spiro atoms. The highest BCUT2D eigenvalue weighted by Gasteiger charge is 2.31. The smallest absolute Gasteiger partial charge is 0.329 e. The lowest BCUT2D eigenvalue weighted by atomic mass is 10.0. The van der Waals surface area contributed by atoms with Crippen molar-refractivity contribution in [2.75, 3.05) is 5.32 Å². The van der Waals surface area contributed by atoms with E-state index in [-0.39, 0.29) is 17.9 Å². The molecule has 0 saturated heterocycles. The highest BCUT2D eigenvalue weighted by atomic mass is 16.5. The van der Waals surface area contributed by atoms with Crippen molar-refractivity contribution in [3.05, 3.63) is 30.3 Å². The predicted molar refractivity (Wildman–Crippen MR) is 93.9 cm³/mol. The first-order chi connectivity index (χ1) is 11.9. The monoisotopic (exact) mass is 347 g/mol. The van der Waals surface area contributed by atoms with Crippen LogP contribution in [0.1, 0.15) is 33.6 Å². The van der Waals surface area contributed by atoms with Crippen LogP contribution in [0.15, 0.2) is 30.3 Å². The number of anilines is 1. The predicted octanol–water partition coefficient (Wildman–Crippen LogP) is 2.04. The second kappa shape index (κ2) is 8.50. The van der Waals surface area contributed by atoms with Gasteiger partial charge in [-0.1, -0.05) is 32.0 Å². The molecule has 2 atom stereocenters. The summed E-state index contributed by atoms with van der Waals surface area (Å²) in [5.74, 6) is -1.13. The van der Waals surface area contributed by atoms with Crippen LogP contribution in [0, 0.1) is 5.92 Å². The number of esters is 1. The van der Waals surface area contributed by atoms with Crippen LogP contribution < -0.4 is 16.0 Å². The molecule has 0 heterocycles. The van der Waals surface area contributed by atoms with Gasteiger partial charge in [0, 0.05) is 11.7 Å². The molecule has 0 aromatic heterocycles. The lowest BCUT2D eigenvalue weighted by Crippen LogP contribution is -2.49. The van der Waals surface area contributed by atoms with E-state index >= 15 is 0 Å². The third-order valence-corrected chi connectivity index (χ3v) is 3.82. The molecule has 3 N–H and O–H groups in total. The van der Waals surface area contributed by atoms with E-state index in [0.29, 0.717) is 5.69 Å². The van der Waals surface area contributed by atoms with Gasteiger partial charge in [-0.3, -0.25) is 4.79 Å². The van der Waals surface area contributed by atoms with Crippen molar-refractivity contribution < 1.29 is 19.1 Å². The van der Waals surface area contributed by atoms with Crippen LogP contribution in [-0.4, -0.2) is 36.1 Å². The number of hydrogen-bond acceptors (Lipinski definition) is 4. The lowest BCUT2D eigenvalue weighted by molar-refractivity contribution is -0.157. The summed E-state index contributed by atoms with van der Waals surface area (Å²) in [6, 6.07) is 7.76. The molecular formula is C18H25N3O4. The van der Waals surface area contributed by atoms with Crippen molar-refractivity contribution in [2.45, 2.75) is 51.8 Å². The number of ether oxygens (including phenoxy) is 1. The number of hydrogen-bond donors (Lipinski definition) is 3. The number of para-hydroxylation sites is 1. The number of benzene rings is 1. The van der Waals surface area contributed by atoms with Crippen molar-refractivity contribution in [3.63, 3.8) is 0 Å². The normalized spacial score (nSPS) is 15.8. The molecule has 3 amide bonds. The molecule has 25 heavy (non-hydrogen) atoms. The minimum atomic E-state index is -0.895. The zero-order chi connectivity index (χ0) is 18.4. The maximum atomic E-state index is 12.3. The number of amides is 3. The molecule has 7 heteroatoms. The van der Waals surface area contributed by atoms with Gasteiger partial charge in [-0.15, -0.1) is 0 Å². The Bertz CT molecular complexity index is 614. The Labute approximate surface area is 147 Å². The zero-order valence-electron chi connectivity index (χ0n) is 14.7. The van der Waals surface area contributed by atoms with Gasteiger partial charge in [0.2, 0.25) is 0 Å². The Morgan fingerprint density at radius 3 is 2.28 bits per heavy atom. The molecule has 7 nitrogen and oxygen atoms in total. The number of carbonyl (C=O) groups excluding carboxylic acids is 3. The Balaban J connectivity index is 1.88. The van der Waals surface area contributed by atoms with E-state index in [9.17, 15) is 14.4 Å². The minimum absolute atomic E-state index is 0.187. The molecule has 0 aliphatic heterocycles. The molecule has 1 fully saturated rings. The van der Waals surface area contributed by atoms with Crippen LogP contribution in [0.5, 0.6) is 0 Å². The maximum Gasteiger partial charge on any atom is 0.329 e. The summed E-state index contributed by atoms with van der Waals surface area (Å²) < 4.78 is 5.22. The average Bonchev–Trinajstić information content (AvgIpc) is 3.37. The van der Waals surface area contributed by atoms with E-state index in [1.54, 1.807) is 38.1 Å². The first-order valence-electron chi connectivity index (χ1n) is 8.50. The molecule has 1 aromatic rings. The maximum absolute atomic E-state index is 12.3. The summed E-state index contributed by atoms with van der Waals surface area (Å²) in [6.45, 7) is 5.12. The Morgan fingerprint density at radius 2 is 1.72 bits per heavy atom. The third kappa shape index (κ3) is 6.10. The van der Waals surface area contributed by atoms with Crippen LogP contribution in [0.4, 0.5) is 10.5 Å². The van der Waals surface area contributed by atoms with Crippen molar-refractivity contribution in [3.8, 4) is 0 Å². The Hall–Kier alpha value is -2.57. The molecular weight excluding hydrogens is 322 g/mol. The van der Waals surface area contributed by atoms with Crippen LogP contribution in [0.25, 0.3) is 0 Å². The minimum Gasteiger partial charge on any atom is -0.451 e. The van der Waals surface area contributed by atoms with E-state index in [1.165, 1.54) is 6.92 Å². The molecule has 0 unspecified atom stereocenters. The van der Waals surface area contributed by atoms with Crippen molar-refractivity contribution in [1.29, 1.82) is 0 Å². The molecule has 1 aromatic carbocycles. The fourth-order valence-corrected chi connectivity index (χ4v) is 2.17. The highest BCUT2D eigenvalue weighted by Crippen LogP contribution is 2.19. The number of rotatable bonds is 7. The van der Waals surface area contributed by atoms with Crippen molar-refractivity contribution in [1.82, 2.24) is 10.6 Å². The highest BCUT2D eigenvalue weighted by molar-refractivity contribution is 5.93. The summed E-state index contributed by atoms with van der Waals surface area (Å²) in [6.07, 6.45) is 1.03. The van der Waals surface area contributed by atoms with Crippen LogP contribution in [-0.2, 0) is 14.3 Å². The molecule has 1 saturated carbocycles. The molecule has 2 rings (SSSR count). The Morgan fingerprint density at radius 1 is 1.08 bits per heavy atom. The van der Waals surface area contributed by atoms with E-state index in [1.807, 2.05) is 6.07 Å². The van der Waals surface area contributed by atoms with E-state index in [0.717, 1.165) is 12.8 Å². The fraction of sp³-hybridized carbons (Fsp3) is 0.500. The van der Waals surface area contributed by atoms with Gasteiger partial charge in [0.25, 0.3) is 5.91 Å². The largest absolute Gasteiger partial charge is 0.451 e. The van der Waals surface area contributed by atoms with Gasteiger partial charge < -0.3 is 20.7 Å². The van der Waals surface area contributed by atoms with Gasteiger partial charge in [0.1, 0.15) is 6.04 Å². The van der Waals surface area contributed by atoms with Gasteiger partial charge in [0.15, 0.2) is 6.10 Å². The van der Waals surface area contributed by atoms with E-state index in [4.69, 9.17) is 4.74 Å². The molecule has 0 radical (unpaired) electrons. The second-order valence-electron chi connectivity index (χ2n) is 6.55. The summed E-state index contributed by atoms with van der Waals surface area (Å²) in [4.78, 5) is 36.3. The molecule has 1 aliphatic rings. The summed E-state index contributed by atoms with van der Waals surface area (Å²) in [5, 5.41) is 8.05. The SMILES string of the molecule is CC(C)[C@H](NC(=O)Nc1ccccc1)C(=O)O[C@H](C)C(=O)NC1CC1. The number of urea groups is 1. The van der Waals surface area contributed by atoms with Crippen molar-refractivity contribution >= 4 is 23.6 Å². The topological polar surface area (TPSA) is 96.5 Å². The molecule has 0 bridgehead atoms. The van der Waals surface area contributed by atoms with Gasteiger partial charge in [-0.25, -0.2) is 9.59 Å². The molecule has 1 aliphatic carbocycles. The number of carbonyl (C=O) groups is 3. The van der Waals surface area contributed by atoms with Crippen LogP contribution in [0.3, 0.4) is 0 Å². The number of nitrogens with one attached hydrogen (secondary N) is 3. The van der Waals surface area contributed by atoms with E-state index < -0.39 is 24.1 Å². The second-order valence-corrected chi connectivity index (χ2v) is 6.55. The third-order valence-electron chi connectivity index (χ3n) is 3.82. The van der Waals surface area contributed by atoms with E-state index in [2.05, 4.69) is 16.0 Å². The van der Waals surface area contributed by atoms with Gasteiger partial charge in [-0.2, -0.15) is 0 Å². The Kier molecular flexibility index (Phi) is 6.38. The van der Waals surface area contributed by atoms with Gasteiger partial charge in [-0.05, 0) is 37.8 Å². The average molecular weight is 347 g/mol. The van der Waals surface area contributed by atoms with Crippen LogP contribution in [0.2, 0.25) is 0 Å².